The maximum Gasteiger partial charge on any atom is 0.332 e. The number of fused-ring (bicyclic) bond motifs is 2. The molecule has 5 rings (SSSR count). The first-order valence-corrected chi connectivity index (χ1v) is 10.8. The van der Waals surface area contributed by atoms with Crippen molar-refractivity contribution in [1.29, 1.82) is 0 Å². The van der Waals surface area contributed by atoms with Gasteiger partial charge < -0.3 is 10.2 Å². The second-order valence-electron chi connectivity index (χ2n) is 7.63. The Hall–Kier alpha value is -3.53. The Morgan fingerprint density at radius 3 is 2.65 bits per heavy atom. The van der Waals surface area contributed by atoms with Crippen LogP contribution in [0.1, 0.15) is 23.2 Å². The van der Waals surface area contributed by atoms with Gasteiger partial charge in [-0.05, 0) is 37.1 Å². The van der Waals surface area contributed by atoms with Crippen LogP contribution >= 0.6 is 11.3 Å². The van der Waals surface area contributed by atoms with Gasteiger partial charge in [0.25, 0.3) is 11.5 Å². The van der Waals surface area contributed by atoms with Crippen LogP contribution in [0.25, 0.3) is 21.3 Å². The minimum absolute atomic E-state index is 0.213. The molecule has 1 aliphatic rings. The predicted octanol–water partition coefficient (Wildman–Crippen LogP) is 2.09. The molecule has 0 spiro atoms. The van der Waals surface area contributed by atoms with Crippen LogP contribution in [-0.2, 0) is 14.1 Å². The van der Waals surface area contributed by atoms with Gasteiger partial charge in [0.1, 0.15) is 5.65 Å². The van der Waals surface area contributed by atoms with E-state index in [1.54, 1.807) is 11.3 Å². The maximum atomic E-state index is 12.8. The van der Waals surface area contributed by atoms with Crippen molar-refractivity contribution in [3.8, 4) is 0 Å². The summed E-state index contributed by atoms with van der Waals surface area (Å²) in [6, 6.07) is 7.08. The zero-order valence-corrected chi connectivity index (χ0v) is 17.9. The van der Waals surface area contributed by atoms with Gasteiger partial charge >= 0.3 is 5.69 Å². The zero-order valence-electron chi connectivity index (χ0n) is 17.1. The normalized spacial score (nSPS) is 13.9. The number of nitrogens with one attached hydrogen (secondary N) is 1. The van der Waals surface area contributed by atoms with E-state index in [1.807, 2.05) is 18.2 Å². The second-order valence-corrected chi connectivity index (χ2v) is 8.64. The van der Waals surface area contributed by atoms with Crippen LogP contribution in [0.2, 0.25) is 0 Å². The molecule has 9 nitrogen and oxygen atoms in total. The van der Waals surface area contributed by atoms with Crippen molar-refractivity contribution in [2.24, 2.45) is 14.1 Å². The number of carbonyl (C=O) groups excluding carboxylic acids is 1. The number of hydrogen-bond donors (Lipinski definition) is 1. The summed E-state index contributed by atoms with van der Waals surface area (Å²) in [4.78, 5) is 48.5. The molecule has 1 fully saturated rings. The van der Waals surface area contributed by atoms with Crippen molar-refractivity contribution in [1.82, 2.24) is 19.1 Å². The molecule has 3 aromatic heterocycles. The van der Waals surface area contributed by atoms with Crippen molar-refractivity contribution < 1.29 is 4.79 Å². The number of anilines is 2. The molecule has 1 saturated heterocycles. The summed E-state index contributed by atoms with van der Waals surface area (Å²) < 4.78 is 3.29. The van der Waals surface area contributed by atoms with Gasteiger partial charge in [-0.25, -0.2) is 14.8 Å². The molecule has 0 saturated carbocycles. The lowest BCUT2D eigenvalue weighted by molar-refractivity contribution is 0.102. The third kappa shape index (κ3) is 3.28. The lowest BCUT2D eigenvalue weighted by Gasteiger charge is -2.11. The smallest absolute Gasteiger partial charge is 0.332 e. The molecule has 0 radical (unpaired) electrons. The molecule has 1 amide bonds. The Labute approximate surface area is 180 Å². The number of nitrogens with zero attached hydrogens (tertiary/aromatic N) is 5. The van der Waals surface area contributed by atoms with E-state index in [9.17, 15) is 14.4 Å². The topological polar surface area (TPSA) is 102 Å². The maximum absolute atomic E-state index is 12.8. The molecule has 1 aromatic carbocycles. The molecule has 4 heterocycles. The zero-order chi connectivity index (χ0) is 21.7. The molecule has 1 N–H and O–H groups in total. The highest BCUT2D eigenvalue weighted by atomic mass is 32.1. The third-order valence-corrected chi connectivity index (χ3v) is 6.65. The van der Waals surface area contributed by atoms with Gasteiger partial charge in [0.05, 0.1) is 21.2 Å². The molecule has 1 aliphatic heterocycles. The number of thiazole rings is 1. The first-order chi connectivity index (χ1) is 14.9. The van der Waals surface area contributed by atoms with E-state index in [0.717, 1.165) is 33.0 Å². The SMILES string of the molecule is Cn1c(=O)c2cc(C(=O)Nc3ccc4nc(N5CCCC5)sc4c3)cnc2n(C)c1=O. The minimum Gasteiger partial charge on any atom is -0.348 e. The van der Waals surface area contributed by atoms with Gasteiger partial charge in [0.15, 0.2) is 5.13 Å². The first kappa shape index (κ1) is 19.4. The number of benzene rings is 1. The first-order valence-electron chi connectivity index (χ1n) is 9.95. The average Bonchev–Trinajstić information content (AvgIpc) is 3.45. The lowest BCUT2D eigenvalue weighted by atomic mass is 10.2. The second kappa shape index (κ2) is 7.31. The van der Waals surface area contributed by atoms with E-state index in [0.29, 0.717) is 5.69 Å². The molecule has 0 unspecified atom stereocenters. The Kier molecular flexibility index (Phi) is 4.58. The minimum atomic E-state index is -0.485. The van der Waals surface area contributed by atoms with Gasteiger partial charge in [-0.1, -0.05) is 11.3 Å². The summed E-state index contributed by atoms with van der Waals surface area (Å²) in [6.07, 6.45) is 3.75. The van der Waals surface area contributed by atoms with E-state index >= 15 is 0 Å². The molecule has 4 aromatic rings. The fraction of sp³-hybridized carbons (Fsp3) is 0.286. The van der Waals surface area contributed by atoms with Crippen LogP contribution in [0.15, 0.2) is 40.1 Å². The molecule has 0 bridgehead atoms. The molecule has 158 valence electrons. The number of rotatable bonds is 3. The highest BCUT2D eigenvalue weighted by Gasteiger charge is 2.17. The summed E-state index contributed by atoms with van der Waals surface area (Å²) >= 11 is 1.61. The van der Waals surface area contributed by atoms with E-state index in [4.69, 9.17) is 4.98 Å². The van der Waals surface area contributed by atoms with Crippen LogP contribution in [0, 0.1) is 0 Å². The highest BCUT2D eigenvalue weighted by molar-refractivity contribution is 7.22. The van der Waals surface area contributed by atoms with Crippen molar-refractivity contribution in [3.63, 3.8) is 0 Å². The number of aromatic nitrogens is 4. The predicted molar refractivity (Wildman–Crippen MR) is 121 cm³/mol. The number of carbonyl (C=O) groups is 1. The molecule has 10 heteroatoms. The number of pyridine rings is 1. The van der Waals surface area contributed by atoms with Crippen LogP contribution < -0.4 is 21.5 Å². The number of aryl methyl sites for hydroxylation is 1. The lowest BCUT2D eigenvalue weighted by Crippen LogP contribution is -2.37. The molecule has 0 aliphatic carbocycles. The monoisotopic (exact) mass is 436 g/mol. The summed E-state index contributed by atoms with van der Waals surface area (Å²) in [6.45, 7) is 2.06. The molecule has 0 atom stereocenters. The van der Waals surface area contributed by atoms with Crippen LogP contribution in [-0.4, -0.2) is 38.1 Å². The van der Waals surface area contributed by atoms with Crippen LogP contribution in [0.3, 0.4) is 0 Å². The van der Waals surface area contributed by atoms with Gasteiger partial charge in [-0.15, -0.1) is 0 Å². The van der Waals surface area contributed by atoms with Gasteiger partial charge in [-0.3, -0.25) is 18.7 Å². The summed E-state index contributed by atoms with van der Waals surface area (Å²) in [7, 11) is 2.94. The average molecular weight is 436 g/mol. The van der Waals surface area contributed by atoms with E-state index in [1.165, 1.54) is 43.8 Å². The quantitative estimate of drug-likeness (QED) is 0.528. The fourth-order valence-electron chi connectivity index (χ4n) is 3.83. The Bertz CT molecular complexity index is 1460. The van der Waals surface area contributed by atoms with Crippen molar-refractivity contribution in [3.05, 3.63) is 56.9 Å². The summed E-state index contributed by atoms with van der Waals surface area (Å²) in [5, 5.41) is 4.09. The van der Waals surface area contributed by atoms with E-state index in [2.05, 4.69) is 15.2 Å². The molecular weight excluding hydrogens is 416 g/mol. The van der Waals surface area contributed by atoms with Gasteiger partial charge in [0, 0.05) is 39.1 Å². The number of hydrogen-bond acceptors (Lipinski definition) is 7. The standard InChI is InChI=1S/C21H20N6O3S/c1-25-17-14(19(29)26(2)21(25)30)9-12(11-22-17)18(28)23-13-5-6-15-16(10-13)31-20(24-15)27-7-3-4-8-27/h5-6,9-11H,3-4,7-8H2,1-2H3,(H,23,28). The van der Waals surface area contributed by atoms with Crippen molar-refractivity contribution in [2.75, 3.05) is 23.3 Å². The van der Waals surface area contributed by atoms with Crippen LogP contribution in [0.4, 0.5) is 10.8 Å². The Morgan fingerprint density at radius 1 is 1.10 bits per heavy atom. The summed E-state index contributed by atoms with van der Waals surface area (Å²) in [5.74, 6) is -0.381. The Morgan fingerprint density at radius 2 is 1.87 bits per heavy atom. The van der Waals surface area contributed by atoms with Crippen LogP contribution in [0.5, 0.6) is 0 Å². The largest absolute Gasteiger partial charge is 0.348 e. The van der Waals surface area contributed by atoms with Gasteiger partial charge in [0.2, 0.25) is 0 Å². The highest BCUT2D eigenvalue weighted by Crippen LogP contribution is 2.32. The molecule has 31 heavy (non-hydrogen) atoms. The van der Waals surface area contributed by atoms with Gasteiger partial charge in [-0.2, -0.15) is 0 Å². The van der Waals surface area contributed by atoms with Crippen molar-refractivity contribution >= 4 is 49.3 Å². The van der Waals surface area contributed by atoms with Crippen molar-refractivity contribution in [2.45, 2.75) is 12.8 Å². The number of amides is 1. The van der Waals surface area contributed by atoms with E-state index in [-0.39, 0.29) is 22.5 Å². The fourth-order valence-corrected chi connectivity index (χ4v) is 4.88. The Balaban J connectivity index is 1.45. The summed E-state index contributed by atoms with van der Waals surface area (Å²) in [5.41, 5.74) is 1.08. The third-order valence-electron chi connectivity index (χ3n) is 5.57. The van der Waals surface area contributed by atoms with E-state index < -0.39 is 11.2 Å². The molecular formula is C21H20N6O3S.